The van der Waals surface area contributed by atoms with E-state index in [4.69, 9.17) is 9.40 Å². The highest BCUT2D eigenvalue weighted by molar-refractivity contribution is 6.20. The van der Waals surface area contributed by atoms with Crippen LogP contribution in [-0.2, 0) is 6.18 Å². The van der Waals surface area contributed by atoms with Crippen LogP contribution in [0.3, 0.4) is 0 Å². The van der Waals surface area contributed by atoms with Crippen LogP contribution in [0.25, 0.3) is 111 Å². The second-order valence-electron chi connectivity index (χ2n) is 14.6. The van der Waals surface area contributed by atoms with Gasteiger partial charge in [-0.1, -0.05) is 84.9 Å². The van der Waals surface area contributed by atoms with Crippen molar-refractivity contribution in [1.82, 2.24) is 24.1 Å². The quantitative estimate of drug-likeness (QED) is 0.194. The molecule has 9 heteroatoms. The van der Waals surface area contributed by atoms with Gasteiger partial charge < -0.3 is 9.40 Å². The van der Waals surface area contributed by atoms with Crippen LogP contribution in [0.15, 0.2) is 168 Å². The lowest BCUT2D eigenvalue weighted by Gasteiger charge is -2.11. The number of halogens is 3. The molecule has 12 rings (SSSR count). The van der Waals surface area contributed by atoms with E-state index in [0.717, 1.165) is 89.0 Å². The number of nitrogens with one attached hydrogen (secondary N) is 1. The molecule has 0 amide bonds. The summed E-state index contributed by atoms with van der Waals surface area (Å²) < 4.78 is 53.1. The highest BCUT2D eigenvalue weighted by atomic mass is 19.4. The van der Waals surface area contributed by atoms with Crippen molar-refractivity contribution in [1.29, 1.82) is 0 Å². The molecule has 5 heterocycles. The van der Waals surface area contributed by atoms with Gasteiger partial charge in [-0.15, -0.1) is 0 Å². The van der Waals surface area contributed by atoms with Crippen molar-refractivity contribution in [2.45, 2.75) is 6.18 Å². The SMILES string of the molecule is FC(F)(F)c1ccc2c(c1)c1ccc(-c3cc4c5ccccc5oc4c4c3nc(-c3cccc5c3[nH]c3ccccc35)n4-c3ccccc3)cc1n2-c1ccccn1. The smallest absolute Gasteiger partial charge is 0.416 e. The average Bonchev–Trinajstić information content (AvgIpc) is 4.02. The van der Waals surface area contributed by atoms with Gasteiger partial charge in [-0.05, 0) is 78.4 Å². The Balaban J connectivity index is 1.22. The van der Waals surface area contributed by atoms with Crippen molar-refractivity contribution in [3.8, 4) is 34.0 Å². The maximum absolute atomic E-state index is 14.1. The molecule has 0 fully saturated rings. The van der Waals surface area contributed by atoms with Crippen molar-refractivity contribution in [3.63, 3.8) is 0 Å². The molecule has 0 radical (unpaired) electrons. The van der Waals surface area contributed by atoms with E-state index in [1.54, 1.807) is 6.20 Å². The molecule has 0 aliphatic heterocycles. The molecule has 276 valence electrons. The van der Waals surface area contributed by atoms with E-state index in [9.17, 15) is 13.2 Å². The maximum atomic E-state index is 14.1. The zero-order chi connectivity index (χ0) is 38.7. The number of aromatic nitrogens is 5. The molecule has 0 saturated heterocycles. The fraction of sp³-hybridized carbons (Fsp3) is 0.0204. The average molecular weight is 760 g/mol. The van der Waals surface area contributed by atoms with E-state index < -0.39 is 11.7 Å². The van der Waals surface area contributed by atoms with Crippen molar-refractivity contribution < 1.29 is 17.6 Å². The lowest BCUT2D eigenvalue weighted by Crippen LogP contribution is -2.04. The number of para-hydroxylation sites is 4. The van der Waals surface area contributed by atoms with Gasteiger partial charge in [-0.25, -0.2) is 9.97 Å². The minimum atomic E-state index is -4.49. The monoisotopic (exact) mass is 759 g/mol. The highest BCUT2D eigenvalue weighted by Crippen LogP contribution is 2.45. The van der Waals surface area contributed by atoms with Crippen LogP contribution in [0, 0.1) is 0 Å². The summed E-state index contributed by atoms with van der Waals surface area (Å²) in [5, 5.41) is 5.28. The Morgan fingerprint density at radius 1 is 0.569 bits per heavy atom. The van der Waals surface area contributed by atoms with Gasteiger partial charge in [0.05, 0.1) is 22.1 Å². The van der Waals surface area contributed by atoms with E-state index in [1.807, 2.05) is 89.5 Å². The van der Waals surface area contributed by atoms with Crippen molar-refractivity contribution in [3.05, 3.63) is 169 Å². The topological polar surface area (TPSA) is 64.6 Å². The lowest BCUT2D eigenvalue weighted by molar-refractivity contribution is -0.137. The first-order valence-corrected chi connectivity index (χ1v) is 18.9. The van der Waals surface area contributed by atoms with Crippen molar-refractivity contribution in [2.75, 3.05) is 0 Å². The summed E-state index contributed by atoms with van der Waals surface area (Å²) in [6.07, 6.45) is -2.80. The largest absolute Gasteiger partial charge is 0.454 e. The van der Waals surface area contributed by atoms with Crippen LogP contribution in [0.5, 0.6) is 0 Å². The van der Waals surface area contributed by atoms with E-state index >= 15 is 0 Å². The van der Waals surface area contributed by atoms with Crippen LogP contribution >= 0.6 is 0 Å². The molecule has 0 aliphatic rings. The summed E-state index contributed by atoms with van der Waals surface area (Å²) in [5.74, 6) is 1.33. The van der Waals surface area contributed by atoms with Crippen LogP contribution in [0.1, 0.15) is 5.56 Å². The Hall–Kier alpha value is -7.65. The normalized spacial score (nSPS) is 12.4. The zero-order valence-corrected chi connectivity index (χ0v) is 30.4. The molecule has 6 nitrogen and oxygen atoms in total. The number of alkyl halides is 3. The minimum Gasteiger partial charge on any atom is -0.454 e. The van der Waals surface area contributed by atoms with Gasteiger partial charge >= 0.3 is 6.18 Å². The van der Waals surface area contributed by atoms with Gasteiger partial charge in [0.1, 0.15) is 28.3 Å². The molecule has 0 spiro atoms. The Morgan fingerprint density at radius 3 is 2.21 bits per heavy atom. The number of hydrogen-bond donors (Lipinski definition) is 1. The van der Waals surface area contributed by atoms with Crippen molar-refractivity contribution in [2.24, 2.45) is 0 Å². The molecule has 5 aromatic heterocycles. The molecule has 0 unspecified atom stereocenters. The number of furan rings is 1. The summed E-state index contributed by atoms with van der Waals surface area (Å²) in [4.78, 5) is 13.9. The van der Waals surface area contributed by atoms with E-state index in [0.29, 0.717) is 27.7 Å². The number of benzene rings is 7. The molecular formula is C49H28F3N5O. The van der Waals surface area contributed by atoms with Gasteiger partial charge in [-0.3, -0.25) is 9.13 Å². The van der Waals surface area contributed by atoms with Gasteiger partial charge in [0.2, 0.25) is 0 Å². The number of pyridine rings is 1. The van der Waals surface area contributed by atoms with Crippen LogP contribution in [0.4, 0.5) is 13.2 Å². The molecule has 58 heavy (non-hydrogen) atoms. The Kier molecular flexibility index (Phi) is 6.70. The molecule has 12 aromatic rings. The third-order valence-electron chi connectivity index (χ3n) is 11.3. The first-order chi connectivity index (χ1) is 28.4. The summed E-state index contributed by atoms with van der Waals surface area (Å²) in [6, 6.07) is 50.3. The lowest BCUT2D eigenvalue weighted by atomic mass is 9.99. The predicted molar refractivity (Wildman–Crippen MR) is 226 cm³/mol. The summed E-state index contributed by atoms with van der Waals surface area (Å²) in [5.41, 5.74) is 9.17. The van der Waals surface area contributed by atoms with Gasteiger partial charge in [0.25, 0.3) is 0 Å². The second-order valence-corrected chi connectivity index (χ2v) is 14.6. The Morgan fingerprint density at radius 2 is 1.36 bits per heavy atom. The van der Waals surface area contributed by atoms with E-state index in [-0.39, 0.29) is 0 Å². The summed E-state index contributed by atoms with van der Waals surface area (Å²) in [6.45, 7) is 0. The molecular weight excluding hydrogens is 732 g/mol. The van der Waals surface area contributed by atoms with Crippen LogP contribution in [0.2, 0.25) is 0 Å². The van der Waals surface area contributed by atoms with Crippen LogP contribution in [-0.4, -0.2) is 24.1 Å². The number of hydrogen-bond acceptors (Lipinski definition) is 3. The number of H-pyrrole nitrogens is 1. The predicted octanol–water partition coefficient (Wildman–Crippen LogP) is 13.4. The minimum absolute atomic E-state index is 0.491. The first-order valence-electron chi connectivity index (χ1n) is 18.9. The summed E-state index contributed by atoms with van der Waals surface area (Å²) >= 11 is 0. The number of aromatic amines is 1. The van der Waals surface area contributed by atoms with Crippen molar-refractivity contribution >= 4 is 76.6 Å². The Bertz CT molecular complexity index is 3610. The third kappa shape index (κ3) is 4.67. The molecule has 7 aromatic carbocycles. The van der Waals surface area contributed by atoms with Crippen LogP contribution < -0.4 is 0 Å². The molecule has 1 N–H and O–H groups in total. The fourth-order valence-electron chi connectivity index (χ4n) is 8.80. The molecule has 0 bridgehead atoms. The standard InChI is InChI=1S/C49H28F3N5O/c50-49(51,52)29-21-23-40-37(26-29)32-22-20-28(25-41(32)57(40)43-19-8-9-24-53-43)36-27-38-33-14-5-7-18-42(33)58-47(38)46-45(36)55-48(56(46)30-11-2-1-3-12-30)35-16-10-15-34-31-13-4-6-17-39(31)54-44(34)35/h1-27,54H. The van der Waals surface area contributed by atoms with Gasteiger partial charge in [0, 0.05) is 60.8 Å². The molecule has 0 saturated carbocycles. The number of fused-ring (bicyclic) bond motifs is 11. The highest BCUT2D eigenvalue weighted by Gasteiger charge is 2.32. The molecule has 0 aliphatic carbocycles. The van der Waals surface area contributed by atoms with Gasteiger partial charge in [-0.2, -0.15) is 13.2 Å². The maximum Gasteiger partial charge on any atom is 0.416 e. The third-order valence-corrected chi connectivity index (χ3v) is 11.3. The Labute approximate surface area is 327 Å². The number of imidazole rings is 1. The van der Waals surface area contributed by atoms with Gasteiger partial charge in [0.15, 0.2) is 5.58 Å². The first kappa shape index (κ1) is 32.6. The van der Waals surface area contributed by atoms with E-state index in [1.165, 1.54) is 12.1 Å². The van der Waals surface area contributed by atoms with E-state index in [2.05, 4.69) is 69.1 Å². The summed E-state index contributed by atoms with van der Waals surface area (Å²) in [7, 11) is 0. The zero-order valence-electron chi connectivity index (χ0n) is 30.4. The molecule has 0 atom stereocenters. The fourth-order valence-corrected chi connectivity index (χ4v) is 8.80. The second kappa shape index (κ2) is 11.9. The number of nitrogens with zero attached hydrogens (tertiary/aromatic N) is 4. The number of rotatable bonds is 4.